The molecule has 0 unspecified atom stereocenters. The molecule has 1 aromatic heterocycles. The summed E-state index contributed by atoms with van der Waals surface area (Å²) in [5.74, 6) is 0.0988. The lowest BCUT2D eigenvalue weighted by atomic mass is 10.1. The normalized spacial score (nSPS) is 15.6. The summed E-state index contributed by atoms with van der Waals surface area (Å²) in [6, 6.07) is 1.38. The molecule has 0 spiro atoms. The van der Waals surface area contributed by atoms with Gasteiger partial charge >= 0.3 is 5.97 Å². The Kier molecular flexibility index (Phi) is 3.96. The summed E-state index contributed by atoms with van der Waals surface area (Å²) >= 11 is 0. The molecule has 1 aliphatic rings. The molecule has 0 radical (unpaired) electrons. The first-order valence-electron chi connectivity index (χ1n) is 6.09. The maximum atomic E-state index is 11.1. The Balaban J connectivity index is 2.08. The van der Waals surface area contributed by atoms with Crippen LogP contribution in [0.1, 0.15) is 36.0 Å². The molecule has 6 nitrogen and oxygen atoms in total. The highest BCUT2D eigenvalue weighted by Gasteiger charge is 2.18. The van der Waals surface area contributed by atoms with Crippen molar-refractivity contribution < 1.29 is 14.6 Å². The van der Waals surface area contributed by atoms with Gasteiger partial charge in [0.15, 0.2) is 5.82 Å². The van der Waals surface area contributed by atoms with Crippen molar-refractivity contribution in [3.63, 3.8) is 0 Å². The van der Waals surface area contributed by atoms with Crippen LogP contribution in [-0.4, -0.2) is 34.9 Å². The van der Waals surface area contributed by atoms with Crippen molar-refractivity contribution in [3.8, 4) is 5.88 Å². The number of carbonyl (C=O) groups is 1. The van der Waals surface area contributed by atoms with Crippen LogP contribution < -0.4 is 10.1 Å². The number of aromatic nitrogens is 2. The van der Waals surface area contributed by atoms with E-state index in [9.17, 15) is 4.79 Å². The van der Waals surface area contributed by atoms with Gasteiger partial charge in [-0.3, -0.25) is 0 Å². The Labute approximate surface area is 105 Å². The molecule has 1 heterocycles. The molecule has 1 saturated carbocycles. The largest absolute Gasteiger partial charge is 0.480 e. The van der Waals surface area contributed by atoms with Gasteiger partial charge in [0.25, 0.3) is 0 Å². The highest BCUT2D eigenvalue weighted by atomic mass is 16.5. The zero-order valence-corrected chi connectivity index (χ0v) is 10.3. The average molecular weight is 251 g/mol. The monoisotopic (exact) mass is 251 g/mol. The zero-order chi connectivity index (χ0) is 13.0. The van der Waals surface area contributed by atoms with Crippen molar-refractivity contribution in [1.29, 1.82) is 0 Å². The molecule has 1 aliphatic carbocycles. The third-order valence-electron chi connectivity index (χ3n) is 3.24. The molecular weight excluding hydrogens is 234 g/mol. The maximum absolute atomic E-state index is 11.1. The van der Waals surface area contributed by atoms with E-state index in [2.05, 4.69) is 15.5 Å². The van der Waals surface area contributed by atoms with E-state index in [0.717, 1.165) is 6.54 Å². The molecular formula is C12H17N3O3. The van der Waals surface area contributed by atoms with Gasteiger partial charge in [-0.15, -0.1) is 10.2 Å². The third kappa shape index (κ3) is 2.88. The molecule has 18 heavy (non-hydrogen) atoms. The summed E-state index contributed by atoms with van der Waals surface area (Å²) in [7, 11) is 1.43. The quantitative estimate of drug-likeness (QED) is 0.829. The van der Waals surface area contributed by atoms with E-state index < -0.39 is 5.97 Å². The molecule has 2 rings (SSSR count). The lowest BCUT2D eigenvalue weighted by Crippen LogP contribution is -2.15. The molecule has 2 N–H and O–H groups in total. The van der Waals surface area contributed by atoms with Gasteiger partial charge in [-0.25, -0.2) is 4.79 Å². The summed E-state index contributed by atoms with van der Waals surface area (Å²) in [4.78, 5) is 11.1. The molecule has 6 heteroatoms. The van der Waals surface area contributed by atoms with Crippen molar-refractivity contribution in [2.45, 2.75) is 25.7 Å². The first-order chi connectivity index (χ1) is 8.70. The van der Waals surface area contributed by atoms with Crippen LogP contribution in [0.5, 0.6) is 5.88 Å². The minimum absolute atomic E-state index is 0.0971. The van der Waals surface area contributed by atoms with Crippen molar-refractivity contribution in [2.24, 2.45) is 5.92 Å². The van der Waals surface area contributed by atoms with Crippen molar-refractivity contribution in [1.82, 2.24) is 10.2 Å². The number of anilines is 1. The number of hydrogen-bond donors (Lipinski definition) is 2. The van der Waals surface area contributed by atoms with Crippen LogP contribution >= 0.6 is 0 Å². The Morgan fingerprint density at radius 3 is 2.83 bits per heavy atom. The van der Waals surface area contributed by atoms with Gasteiger partial charge in [-0.1, -0.05) is 12.8 Å². The van der Waals surface area contributed by atoms with Gasteiger partial charge in [-0.05, 0) is 18.8 Å². The van der Waals surface area contributed by atoms with E-state index in [1.807, 2.05) is 0 Å². The van der Waals surface area contributed by atoms with E-state index in [1.54, 1.807) is 0 Å². The Morgan fingerprint density at radius 2 is 2.22 bits per heavy atom. The zero-order valence-electron chi connectivity index (χ0n) is 10.3. The van der Waals surface area contributed by atoms with Crippen LogP contribution in [0.4, 0.5) is 5.82 Å². The number of aromatic carboxylic acids is 1. The number of carboxylic acid groups (broad SMARTS) is 1. The van der Waals surface area contributed by atoms with Crippen LogP contribution in [0.3, 0.4) is 0 Å². The van der Waals surface area contributed by atoms with E-state index in [1.165, 1.54) is 38.9 Å². The lowest BCUT2D eigenvalue weighted by molar-refractivity contribution is 0.0696. The van der Waals surface area contributed by atoms with Crippen LogP contribution in [0.15, 0.2) is 6.07 Å². The summed E-state index contributed by atoms with van der Waals surface area (Å²) in [6.07, 6.45) is 4.90. The number of hydrogen-bond acceptors (Lipinski definition) is 5. The van der Waals surface area contributed by atoms with E-state index in [4.69, 9.17) is 9.84 Å². The van der Waals surface area contributed by atoms with E-state index >= 15 is 0 Å². The predicted octanol–water partition coefficient (Wildman–Crippen LogP) is 1.79. The third-order valence-corrected chi connectivity index (χ3v) is 3.24. The molecule has 0 bridgehead atoms. The van der Waals surface area contributed by atoms with Crippen molar-refractivity contribution in [3.05, 3.63) is 11.6 Å². The average Bonchev–Trinajstić information content (AvgIpc) is 2.89. The van der Waals surface area contributed by atoms with E-state index in [-0.39, 0.29) is 11.4 Å². The van der Waals surface area contributed by atoms with Gasteiger partial charge < -0.3 is 15.2 Å². The highest BCUT2D eigenvalue weighted by Crippen LogP contribution is 2.25. The maximum Gasteiger partial charge on any atom is 0.339 e. The first kappa shape index (κ1) is 12.6. The fourth-order valence-corrected chi connectivity index (χ4v) is 2.22. The van der Waals surface area contributed by atoms with Gasteiger partial charge in [0.1, 0.15) is 5.56 Å². The molecule has 0 amide bonds. The second-order valence-electron chi connectivity index (χ2n) is 4.49. The first-order valence-corrected chi connectivity index (χ1v) is 6.09. The lowest BCUT2D eigenvalue weighted by Gasteiger charge is -2.12. The summed E-state index contributed by atoms with van der Waals surface area (Å²) in [5.41, 5.74) is 0.0971. The standard InChI is InChI=1S/C12H17N3O3/c1-18-10-6-9(12(16)17)11(15-14-10)13-7-8-4-2-3-5-8/h6,8H,2-5,7H2,1H3,(H,13,15)(H,16,17). The Bertz CT molecular complexity index is 431. The van der Waals surface area contributed by atoms with Crippen molar-refractivity contribution in [2.75, 3.05) is 19.0 Å². The predicted molar refractivity (Wildman–Crippen MR) is 66.0 cm³/mol. The minimum atomic E-state index is -1.03. The smallest absolute Gasteiger partial charge is 0.339 e. The minimum Gasteiger partial charge on any atom is -0.480 e. The topological polar surface area (TPSA) is 84.3 Å². The number of rotatable bonds is 5. The van der Waals surface area contributed by atoms with Gasteiger partial charge in [0, 0.05) is 12.6 Å². The van der Waals surface area contributed by atoms with Crippen LogP contribution in [-0.2, 0) is 0 Å². The number of methoxy groups -OCH3 is 1. The van der Waals surface area contributed by atoms with E-state index in [0.29, 0.717) is 11.7 Å². The summed E-state index contributed by atoms with van der Waals surface area (Å²) in [5, 5.41) is 19.8. The molecule has 0 saturated heterocycles. The Hall–Kier alpha value is -1.85. The van der Waals surface area contributed by atoms with Crippen molar-refractivity contribution >= 4 is 11.8 Å². The summed E-state index contributed by atoms with van der Waals surface area (Å²) in [6.45, 7) is 0.751. The SMILES string of the molecule is COc1cc(C(=O)O)c(NCC2CCCC2)nn1. The van der Waals surface area contributed by atoms with Gasteiger partial charge in [0.05, 0.1) is 7.11 Å². The second kappa shape index (κ2) is 5.66. The molecule has 0 atom stereocenters. The van der Waals surface area contributed by atoms with Crippen LogP contribution in [0, 0.1) is 5.92 Å². The number of carboxylic acids is 1. The molecule has 1 fully saturated rings. The molecule has 0 aliphatic heterocycles. The summed E-state index contributed by atoms with van der Waals surface area (Å²) < 4.78 is 4.87. The molecule has 0 aromatic carbocycles. The fourth-order valence-electron chi connectivity index (χ4n) is 2.22. The fraction of sp³-hybridized carbons (Fsp3) is 0.583. The Morgan fingerprint density at radius 1 is 1.50 bits per heavy atom. The molecule has 1 aromatic rings. The molecule has 98 valence electrons. The van der Waals surface area contributed by atoms with Gasteiger partial charge in [-0.2, -0.15) is 0 Å². The highest BCUT2D eigenvalue weighted by molar-refractivity contribution is 5.93. The second-order valence-corrected chi connectivity index (χ2v) is 4.49. The number of nitrogens with zero attached hydrogens (tertiary/aromatic N) is 2. The van der Waals surface area contributed by atoms with Gasteiger partial charge in [0.2, 0.25) is 5.88 Å². The number of nitrogens with one attached hydrogen (secondary N) is 1. The number of ether oxygens (including phenoxy) is 1. The van der Waals surface area contributed by atoms with Crippen LogP contribution in [0.25, 0.3) is 0 Å². The van der Waals surface area contributed by atoms with Crippen LogP contribution in [0.2, 0.25) is 0 Å².